The monoisotopic (exact) mass is 447 g/mol. The van der Waals surface area contributed by atoms with E-state index in [-0.39, 0.29) is 17.6 Å². The molecular formula is C25H26FN5O2. The number of aromatic nitrogens is 1. The van der Waals surface area contributed by atoms with Crippen LogP contribution in [-0.4, -0.2) is 29.7 Å². The Labute approximate surface area is 191 Å². The fourth-order valence-electron chi connectivity index (χ4n) is 5.31. The van der Waals surface area contributed by atoms with E-state index in [4.69, 9.17) is 4.74 Å². The number of nitrogens with zero attached hydrogens (tertiary/aromatic N) is 3. The molecule has 0 fully saturated rings. The van der Waals surface area contributed by atoms with Gasteiger partial charge in [0.25, 0.3) is 5.91 Å². The molecule has 7 nitrogen and oxygen atoms in total. The largest absolute Gasteiger partial charge is 0.481 e. The first-order chi connectivity index (χ1) is 15.8. The number of hydrogen-bond acceptors (Lipinski definition) is 6. The quantitative estimate of drug-likeness (QED) is 0.728. The van der Waals surface area contributed by atoms with E-state index in [0.717, 1.165) is 23.0 Å². The molecule has 3 aliphatic heterocycles. The summed E-state index contributed by atoms with van der Waals surface area (Å²) in [6.45, 7) is 6.07. The Hall–Kier alpha value is -3.55. The van der Waals surface area contributed by atoms with Crippen molar-refractivity contribution in [3.05, 3.63) is 71.0 Å². The lowest BCUT2D eigenvalue weighted by Crippen LogP contribution is -2.58. The highest BCUT2D eigenvalue weighted by Crippen LogP contribution is 2.51. The second kappa shape index (κ2) is 7.50. The second-order valence-corrected chi connectivity index (χ2v) is 9.28. The van der Waals surface area contributed by atoms with Crippen LogP contribution in [0.5, 0.6) is 5.88 Å². The van der Waals surface area contributed by atoms with E-state index < -0.39 is 11.2 Å². The molecule has 1 unspecified atom stereocenters. The van der Waals surface area contributed by atoms with E-state index in [9.17, 15) is 9.18 Å². The zero-order valence-electron chi connectivity index (χ0n) is 19.1. The molecule has 2 atom stereocenters. The number of methoxy groups -OCH3 is 1. The van der Waals surface area contributed by atoms with Crippen LogP contribution in [0.4, 0.5) is 4.39 Å². The van der Waals surface area contributed by atoms with Gasteiger partial charge in [-0.1, -0.05) is 25.1 Å². The van der Waals surface area contributed by atoms with E-state index in [1.165, 1.54) is 7.11 Å². The Morgan fingerprint density at radius 1 is 1.27 bits per heavy atom. The van der Waals surface area contributed by atoms with Crippen molar-refractivity contribution in [2.45, 2.75) is 50.7 Å². The summed E-state index contributed by atoms with van der Waals surface area (Å²) in [6, 6.07) is 9.25. The van der Waals surface area contributed by atoms with Gasteiger partial charge in [-0.3, -0.25) is 4.79 Å². The third-order valence-electron chi connectivity index (χ3n) is 6.74. The summed E-state index contributed by atoms with van der Waals surface area (Å²) < 4.78 is 19.9. The number of carbonyl (C=O) groups is 1. The van der Waals surface area contributed by atoms with Crippen molar-refractivity contribution in [2.75, 3.05) is 7.11 Å². The Kier molecular flexibility index (Phi) is 4.84. The number of halogens is 1. The van der Waals surface area contributed by atoms with Crippen LogP contribution >= 0.6 is 0 Å². The molecule has 0 saturated heterocycles. The van der Waals surface area contributed by atoms with Crippen LogP contribution in [0.15, 0.2) is 69.8 Å². The van der Waals surface area contributed by atoms with Gasteiger partial charge in [0.15, 0.2) is 6.17 Å². The van der Waals surface area contributed by atoms with Gasteiger partial charge in [0, 0.05) is 34.9 Å². The predicted octanol–water partition coefficient (Wildman–Crippen LogP) is 4.38. The summed E-state index contributed by atoms with van der Waals surface area (Å²) >= 11 is 0. The summed E-state index contributed by atoms with van der Waals surface area (Å²) in [5.41, 5.74) is 3.34. The predicted molar refractivity (Wildman–Crippen MR) is 122 cm³/mol. The molecule has 4 heterocycles. The first-order valence-electron chi connectivity index (χ1n) is 11.0. The van der Waals surface area contributed by atoms with Gasteiger partial charge in [0.2, 0.25) is 5.88 Å². The number of pyridine rings is 1. The third-order valence-corrected chi connectivity index (χ3v) is 6.74. The number of fused-ring (bicyclic) bond motifs is 1. The Bertz CT molecular complexity index is 1250. The Balaban J connectivity index is 1.73. The fraction of sp³-hybridized carbons (Fsp3) is 0.360. The van der Waals surface area contributed by atoms with Gasteiger partial charge >= 0.3 is 0 Å². The Morgan fingerprint density at radius 3 is 2.85 bits per heavy atom. The number of nitrogens with one attached hydrogen (secondary N) is 2. The summed E-state index contributed by atoms with van der Waals surface area (Å²) in [4.78, 5) is 17.4. The molecule has 2 N–H and O–H groups in total. The van der Waals surface area contributed by atoms with Crippen molar-refractivity contribution in [1.82, 2.24) is 15.6 Å². The zero-order valence-corrected chi connectivity index (χ0v) is 19.1. The molecule has 0 spiro atoms. The minimum absolute atomic E-state index is 0.107. The number of carbonyl (C=O) groups excluding carboxylic acids is 1. The molecule has 0 bridgehead atoms. The first kappa shape index (κ1) is 21.3. The lowest BCUT2D eigenvalue weighted by atomic mass is 9.62. The molecule has 2 aromatic rings. The highest BCUT2D eigenvalue weighted by Gasteiger charge is 2.53. The molecule has 1 aromatic carbocycles. The van der Waals surface area contributed by atoms with Gasteiger partial charge in [-0.05, 0) is 37.5 Å². The van der Waals surface area contributed by atoms with Gasteiger partial charge < -0.3 is 15.4 Å². The summed E-state index contributed by atoms with van der Waals surface area (Å²) in [7, 11) is 1.50. The van der Waals surface area contributed by atoms with Crippen LogP contribution in [0.2, 0.25) is 0 Å². The number of azo groups is 1. The summed E-state index contributed by atoms with van der Waals surface area (Å²) in [5.74, 6) is -0.216. The van der Waals surface area contributed by atoms with Gasteiger partial charge in [-0.15, -0.1) is 0 Å². The molecule has 8 heteroatoms. The maximum atomic E-state index is 14.7. The lowest BCUT2D eigenvalue weighted by molar-refractivity contribution is -0.120. The number of hydrogen-bond donors (Lipinski definition) is 2. The number of benzene rings is 1. The van der Waals surface area contributed by atoms with Gasteiger partial charge in [-0.25, -0.2) is 9.37 Å². The molecule has 33 heavy (non-hydrogen) atoms. The standard InChI is InChI=1S/C25H26FN5O2/c1-5-25(15-8-6-7-14(9-15)16-10-20(33-4)27-13-18(16)26)17-12-28-31-22(17)29-19-11-24(2,3)30-23(32)21(19)25/h6-10,12-13,22,29H,5,11H2,1-4H3,(H,30,32)/t22?,25-/m1/s1. The number of rotatable bonds is 4. The van der Waals surface area contributed by atoms with Crippen LogP contribution in [0.25, 0.3) is 11.1 Å². The van der Waals surface area contributed by atoms with E-state index in [2.05, 4.69) is 32.8 Å². The first-order valence-corrected chi connectivity index (χ1v) is 11.0. The van der Waals surface area contributed by atoms with E-state index in [0.29, 0.717) is 35.4 Å². The average molecular weight is 448 g/mol. The highest BCUT2D eigenvalue weighted by molar-refractivity contribution is 6.00. The van der Waals surface area contributed by atoms with E-state index in [1.807, 2.05) is 38.1 Å². The smallest absolute Gasteiger partial charge is 0.250 e. The third kappa shape index (κ3) is 3.23. The molecule has 0 saturated carbocycles. The molecule has 0 aliphatic carbocycles. The van der Waals surface area contributed by atoms with Crippen molar-refractivity contribution in [1.29, 1.82) is 0 Å². The fourth-order valence-corrected chi connectivity index (χ4v) is 5.31. The van der Waals surface area contributed by atoms with E-state index in [1.54, 1.807) is 12.3 Å². The van der Waals surface area contributed by atoms with Crippen molar-refractivity contribution < 1.29 is 13.9 Å². The molecular weight excluding hydrogens is 421 g/mol. The van der Waals surface area contributed by atoms with Crippen LogP contribution in [0, 0.1) is 5.82 Å². The topological polar surface area (TPSA) is 88.0 Å². The van der Waals surface area contributed by atoms with Crippen molar-refractivity contribution in [3.63, 3.8) is 0 Å². The Morgan fingerprint density at radius 2 is 2.09 bits per heavy atom. The average Bonchev–Trinajstić information content (AvgIpc) is 3.26. The molecule has 0 radical (unpaired) electrons. The van der Waals surface area contributed by atoms with Crippen molar-refractivity contribution in [2.24, 2.45) is 10.2 Å². The van der Waals surface area contributed by atoms with Crippen LogP contribution in [0.3, 0.4) is 0 Å². The summed E-state index contributed by atoms with van der Waals surface area (Å²) in [6.07, 6.45) is 3.87. The lowest BCUT2D eigenvalue weighted by Gasteiger charge is -2.48. The summed E-state index contributed by atoms with van der Waals surface area (Å²) in [5, 5.41) is 15.2. The molecule has 170 valence electrons. The van der Waals surface area contributed by atoms with E-state index >= 15 is 0 Å². The van der Waals surface area contributed by atoms with Gasteiger partial charge in [-0.2, -0.15) is 10.2 Å². The molecule has 1 amide bonds. The van der Waals surface area contributed by atoms with Gasteiger partial charge in [0.1, 0.15) is 5.82 Å². The van der Waals surface area contributed by atoms with Crippen LogP contribution < -0.4 is 15.4 Å². The number of amides is 1. The molecule has 3 aliphatic rings. The number of ether oxygens (including phenoxy) is 1. The second-order valence-electron chi connectivity index (χ2n) is 9.28. The molecule has 1 aromatic heterocycles. The highest BCUT2D eigenvalue weighted by atomic mass is 19.1. The van der Waals surface area contributed by atoms with Crippen molar-refractivity contribution in [3.8, 4) is 17.0 Å². The SMILES string of the molecule is CC[C@@]1(c2cccc(-c3cc(OC)ncc3F)c2)C2=CN=NC2NC2=C1C(=O)NC(C)(C)C2. The van der Waals surface area contributed by atoms with Crippen LogP contribution in [0.1, 0.15) is 39.2 Å². The molecule has 5 rings (SSSR count). The maximum Gasteiger partial charge on any atom is 0.250 e. The maximum absolute atomic E-state index is 14.7. The van der Waals surface area contributed by atoms with Gasteiger partial charge in [0.05, 0.1) is 30.5 Å². The minimum atomic E-state index is -0.737. The van der Waals surface area contributed by atoms with Crippen LogP contribution in [-0.2, 0) is 10.2 Å². The normalized spacial score (nSPS) is 25.1. The minimum Gasteiger partial charge on any atom is -0.481 e. The van der Waals surface area contributed by atoms with Crippen molar-refractivity contribution >= 4 is 5.91 Å². The zero-order chi connectivity index (χ0) is 23.4.